The van der Waals surface area contributed by atoms with Crippen LogP contribution in [0, 0.1) is 5.92 Å². The van der Waals surface area contributed by atoms with Crippen LogP contribution < -0.4 is 0 Å². The number of unbranched alkanes of at least 4 members (excludes halogenated alkanes) is 1. The number of rotatable bonds is 7. The maximum absolute atomic E-state index is 11.2. The molecule has 0 heterocycles. The van der Waals surface area contributed by atoms with Gasteiger partial charge in [-0.3, -0.25) is 4.79 Å². The van der Waals surface area contributed by atoms with Crippen LogP contribution in [-0.4, -0.2) is 12.6 Å². The average Bonchev–Trinajstić information content (AvgIpc) is 2.33. The van der Waals surface area contributed by atoms with Crippen molar-refractivity contribution in [3.8, 4) is 0 Å². The first-order valence-corrected chi connectivity index (χ1v) is 6.59. The lowest BCUT2D eigenvalue weighted by Gasteiger charge is -2.21. The van der Waals surface area contributed by atoms with Crippen LogP contribution in [0.25, 0.3) is 0 Å². The number of carbonyl (C=O) groups excluding carboxylic acids is 1. The van der Waals surface area contributed by atoms with Crippen molar-refractivity contribution in [2.75, 3.05) is 6.61 Å². The summed E-state index contributed by atoms with van der Waals surface area (Å²) in [5.41, 5.74) is 0. The highest BCUT2D eigenvalue weighted by molar-refractivity contribution is 5.69. The predicted octanol–water partition coefficient (Wildman–Crippen LogP) is 3.86. The van der Waals surface area contributed by atoms with Gasteiger partial charge in [0, 0.05) is 6.42 Å². The highest BCUT2D eigenvalue weighted by atomic mass is 16.5. The number of hydrogen-bond donors (Lipinski definition) is 0. The van der Waals surface area contributed by atoms with Crippen LogP contribution in [0.5, 0.6) is 0 Å². The molecule has 0 bridgehead atoms. The van der Waals surface area contributed by atoms with E-state index in [1.54, 1.807) is 6.08 Å². The number of hydrogen-bond acceptors (Lipinski definition) is 2. The zero-order valence-corrected chi connectivity index (χ0v) is 10.2. The molecule has 0 aromatic carbocycles. The second-order valence-corrected chi connectivity index (χ2v) is 4.72. The van der Waals surface area contributed by atoms with Gasteiger partial charge in [0.25, 0.3) is 0 Å². The highest BCUT2D eigenvalue weighted by Crippen LogP contribution is 2.27. The summed E-state index contributed by atoms with van der Waals surface area (Å²) in [7, 11) is 0. The Labute approximate surface area is 99.1 Å². The third-order valence-electron chi connectivity index (χ3n) is 3.33. The van der Waals surface area contributed by atoms with Crippen LogP contribution in [0.3, 0.4) is 0 Å². The van der Waals surface area contributed by atoms with Crippen molar-refractivity contribution in [1.29, 1.82) is 0 Å². The fourth-order valence-electron chi connectivity index (χ4n) is 2.40. The zero-order valence-electron chi connectivity index (χ0n) is 10.2. The number of carbonyl (C=O) groups is 1. The van der Waals surface area contributed by atoms with Crippen molar-refractivity contribution in [2.45, 2.75) is 57.8 Å². The fourth-order valence-corrected chi connectivity index (χ4v) is 2.40. The largest absolute Gasteiger partial charge is 0.461 e. The van der Waals surface area contributed by atoms with Gasteiger partial charge in [-0.2, -0.15) is 0 Å². The van der Waals surface area contributed by atoms with Gasteiger partial charge < -0.3 is 4.74 Å². The SMILES string of the molecule is C=CCOC(=O)CCCCC1CCCCC1. The molecule has 2 heteroatoms. The number of ether oxygens (including phenoxy) is 1. The van der Waals surface area contributed by atoms with Crippen LogP contribution in [0.15, 0.2) is 12.7 Å². The lowest BCUT2D eigenvalue weighted by molar-refractivity contribution is -0.142. The molecule has 1 saturated carbocycles. The Morgan fingerprint density at radius 2 is 2.00 bits per heavy atom. The normalized spacial score (nSPS) is 17.0. The summed E-state index contributed by atoms with van der Waals surface area (Å²) in [6.45, 7) is 3.86. The Hall–Kier alpha value is -0.790. The molecule has 0 amide bonds. The maximum Gasteiger partial charge on any atom is 0.306 e. The van der Waals surface area contributed by atoms with Crippen LogP contribution in [0.1, 0.15) is 57.8 Å². The summed E-state index contributed by atoms with van der Waals surface area (Å²) in [6.07, 6.45) is 12.7. The minimum absolute atomic E-state index is 0.0801. The Bertz CT molecular complexity index is 205. The van der Waals surface area contributed by atoms with Crippen LogP contribution in [-0.2, 0) is 9.53 Å². The fraction of sp³-hybridized carbons (Fsp3) is 0.786. The van der Waals surface area contributed by atoms with Crippen molar-refractivity contribution in [1.82, 2.24) is 0 Å². The molecule has 16 heavy (non-hydrogen) atoms. The Morgan fingerprint density at radius 3 is 2.69 bits per heavy atom. The Balaban J connectivity index is 1.94. The second-order valence-electron chi connectivity index (χ2n) is 4.72. The molecular weight excluding hydrogens is 200 g/mol. The molecule has 1 aliphatic carbocycles. The monoisotopic (exact) mass is 224 g/mol. The molecule has 0 radical (unpaired) electrons. The van der Waals surface area contributed by atoms with Gasteiger partial charge in [-0.05, 0) is 12.3 Å². The van der Waals surface area contributed by atoms with Crippen molar-refractivity contribution in [3.63, 3.8) is 0 Å². The Kier molecular flexibility index (Phi) is 6.95. The molecule has 1 fully saturated rings. The molecular formula is C14H24O2. The smallest absolute Gasteiger partial charge is 0.306 e. The third kappa shape index (κ3) is 5.94. The molecule has 0 N–H and O–H groups in total. The number of esters is 1. The third-order valence-corrected chi connectivity index (χ3v) is 3.33. The molecule has 0 aromatic heterocycles. The van der Waals surface area contributed by atoms with E-state index in [2.05, 4.69) is 6.58 Å². The van der Waals surface area contributed by atoms with E-state index in [9.17, 15) is 4.79 Å². The van der Waals surface area contributed by atoms with Crippen molar-refractivity contribution in [2.24, 2.45) is 5.92 Å². The lowest BCUT2D eigenvalue weighted by Crippen LogP contribution is -2.07. The summed E-state index contributed by atoms with van der Waals surface area (Å²) >= 11 is 0. The standard InChI is InChI=1S/C14H24O2/c1-2-12-16-14(15)11-7-6-10-13-8-4-3-5-9-13/h2,13H,1,3-12H2. The van der Waals surface area contributed by atoms with Crippen LogP contribution >= 0.6 is 0 Å². The first-order chi connectivity index (χ1) is 7.83. The summed E-state index contributed by atoms with van der Waals surface area (Å²) in [6, 6.07) is 0. The van der Waals surface area contributed by atoms with Gasteiger partial charge in [-0.25, -0.2) is 0 Å². The molecule has 1 aliphatic rings. The van der Waals surface area contributed by atoms with Gasteiger partial charge in [-0.1, -0.05) is 57.6 Å². The van der Waals surface area contributed by atoms with Gasteiger partial charge >= 0.3 is 5.97 Å². The van der Waals surface area contributed by atoms with Gasteiger partial charge in [0.05, 0.1) is 0 Å². The second kappa shape index (κ2) is 8.37. The molecule has 0 aliphatic heterocycles. The predicted molar refractivity (Wildman–Crippen MR) is 66.2 cm³/mol. The van der Waals surface area contributed by atoms with Crippen LogP contribution in [0.4, 0.5) is 0 Å². The lowest BCUT2D eigenvalue weighted by atomic mass is 9.86. The van der Waals surface area contributed by atoms with Crippen molar-refractivity contribution in [3.05, 3.63) is 12.7 Å². The molecule has 0 spiro atoms. The summed E-state index contributed by atoms with van der Waals surface area (Å²) in [5.74, 6) is 0.849. The summed E-state index contributed by atoms with van der Waals surface area (Å²) < 4.78 is 4.93. The van der Waals surface area contributed by atoms with E-state index in [1.807, 2.05) is 0 Å². The van der Waals surface area contributed by atoms with Gasteiger partial charge in [0.15, 0.2) is 0 Å². The average molecular weight is 224 g/mol. The topological polar surface area (TPSA) is 26.3 Å². The molecule has 0 aromatic rings. The molecule has 0 unspecified atom stereocenters. The van der Waals surface area contributed by atoms with Gasteiger partial charge in [0.1, 0.15) is 6.61 Å². The first-order valence-electron chi connectivity index (χ1n) is 6.59. The zero-order chi connectivity index (χ0) is 11.6. The van der Waals surface area contributed by atoms with E-state index in [1.165, 1.54) is 44.9 Å². The van der Waals surface area contributed by atoms with E-state index >= 15 is 0 Å². The molecule has 0 atom stereocenters. The van der Waals surface area contributed by atoms with E-state index in [0.717, 1.165) is 12.3 Å². The van der Waals surface area contributed by atoms with E-state index < -0.39 is 0 Å². The van der Waals surface area contributed by atoms with E-state index in [4.69, 9.17) is 4.74 Å². The van der Waals surface area contributed by atoms with E-state index in [-0.39, 0.29) is 5.97 Å². The van der Waals surface area contributed by atoms with Crippen LogP contribution in [0.2, 0.25) is 0 Å². The summed E-state index contributed by atoms with van der Waals surface area (Å²) in [4.78, 5) is 11.2. The van der Waals surface area contributed by atoms with Crippen molar-refractivity contribution >= 4 is 5.97 Å². The summed E-state index contributed by atoms with van der Waals surface area (Å²) in [5, 5.41) is 0. The van der Waals surface area contributed by atoms with E-state index in [0.29, 0.717) is 13.0 Å². The maximum atomic E-state index is 11.2. The minimum Gasteiger partial charge on any atom is -0.461 e. The first kappa shape index (κ1) is 13.3. The van der Waals surface area contributed by atoms with Gasteiger partial charge in [0.2, 0.25) is 0 Å². The molecule has 0 saturated heterocycles. The molecule has 2 nitrogen and oxygen atoms in total. The Morgan fingerprint density at radius 1 is 1.25 bits per heavy atom. The molecule has 92 valence electrons. The quantitative estimate of drug-likeness (QED) is 0.373. The highest BCUT2D eigenvalue weighted by Gasteiger charge is 2.12. The minimum atomic E-state index is -0.0801. The van der Waals surface area contributed by atoms with Gasteiger partial charge in [-0.15, -0.1) is 0 Å². The van der Waals surface area contributed by atoms with Crippen molar-refractivity contribution < 1.29 is 9.53 Å². The molecule has 1 rings (SSSR count).